The van der Waals surface area contributed by atoms with Crippen molar-refractivity contribution < 1.29 is 14.7 Å². The number of aliphatic carboxylic acids is 1. The average molecular weight is 242 g/mol. The Kier molecular flexibility index (Phi) is 4.01. The van der Waals surface area contributed by atoms with E-state index in [4.69, 9.17) is 5.11 Å². The first-order chi connectivity index (χ1) is 7.70. The van der Waals surface area contributed by atoms with E-state index in [2.05, 4.69) is 5.32 Å². The van der Waals surface area contributed by atoms with Gasteiger partial charge in [0.2, 0.25) is 0 Å². The van der Waals surface area contributed by atoms with Crippen molar-refractivity contribution in [3.05, 3.63) is 0 Å². The first-order valence-corrected chi connectivity index (χ1v) is 5.95. The molecule has 1 aliphatic carbocycles. The normalized spacial score (nSPS) is 17.4. The Morgan fingerprint density at radius 1 is 1.41 bits per heavy atom. The Bertz CT molecular complexity index is 305. The number of amides is 2. The van der Waals surface area contributed by atoms with E-state index < -0.39 is 12.0 Å². The second kappa shape index (κ2) is 4.94. The number of carboxylic acid groups (broad SMARTS) is 1. The number of urea groups is 1. The highest BCUT2D eigenvalue weighted by molar-refractivity contribution is 5.83. The molecule has 98 valence electrons. The lowest BCUT2D eigenvalue weighted by Crippen LogP contribution is -2.49. The molecule has 5 heteroatoms. The van der Waals surface area contributed by atoms with E-state index in [1.807, 2.05) is 20.8 Å². The third kappa shape index (κ3) is 4.63. The number of hydrogen-bond acceptors (Lipinski definition) is 2. The predicted octanol–water partition coefficient (Wildman–Crippen LogP) is 1.54. The van der Waals surface area contributed by atoms with E-state index in [1.54, 1.807) is 11.9 Å². The van der Waals surface area contributed by atoms with Crippen LogP contribution in [0.15, 0.2) is 0 Å². The molecule has 0 aliphatic heterocycles. The van der Waals surface area contributed by atoms with E-state index in [0.717, 1.165) is 12.8 Å². The molecule has 0 aromatic heterocycles. The number of carboxylic acids is 1. The summed E-state index contributed by atoms with van der Waals surface area (Å²) < 4.78 is 0. The Hall–Kier alpha value is -1.26. The minimum atomic E-state index is -0.940. The van der Waals surface area contributed by atoms with Crippen LogP contribution in [0.5, 0.6) is 0 Å². The molecule has 1 aliphatic rings. The smallest absolute Gasteiger partial charge is 0.326 e. The van der Waals surface area contributed by atoms with Crippen LogP contribution in [0.2, 0.25) is 0 Å². The monoisotopic (exact) mass is 242 g/mol. The van der Waals surface area contributed by atoms with Crippen LogP contribution < -0.4 is 5.32 Å². The maximum Gasteiger partial charge on any atom is 0.326 e. The number of hydrogen-bond donors (Lipinski definition) is 2. The van der Waals surface area contributed by atoms with E-state index in [-0.39, 0.29) is 17.4 Å². The third-order valence-electron chi connectivity index (χ3n) is 2.70. The van der Waals surface area contributed by atoms with Gasteiger partial charge in [0.1, 0.15) is 6.04 Å². The fourth-order valence-electron chi connectivity index (χ4n) is 1.84. The zero-order chi connectivity index (χ0) is 13.2. The fourth-order valence-corrected chi connectivity index (χ4v) is 1.84. The molecule has 0 saturated heterocycles. The van der Waals surface area contributed by atoms with Gasteiger partial charge in [-0.3, -0.25) is 0 Å². The SMILES string of the molecule is CN(CC(C)(C)C)C(=O)NC(C(=O)O)C1CC1. The lowest BCUT2D eigenvalue weighted by molar-refractivity contribution is -0.139. The lowest BCUT2D eigenvalue weighted by Gasteiger charge is -2.28. The van der Waals surface area contributed by atoms with Crippen LogP contribution in [0.25, 0.3) is 0 Å². The molecule has 1 atom stereocenters. The summed E-state index contributed by atoms with van der Waals surface area (Å²) in [5.74, 6) is -0.829. The molecule has 17 heavy (non-hydrogen) atoms. The summed E-state index contributed by atoms with van der Waals surface area (Å²) in [6, 6.07) is -1.04. The average Bonchev–Trinajstić information content (AvgIpc) is 2.93. The van der Waals surface area contributed by atoms with Crippen LogP contribution in [0.3, 0.4) is 0 Å². The Labute approximate surface area is 102 Å². The van der Waals surface area contributed by atoms with Crippen molar-refractivity contribution in [1.82, 2.24) is 10.2 Å². The molecule has 0 aromatic carbocycles. The molecule has 2 N–H and O–H groups in total. The molecule has 0 spiro atoms. The topological polar surface area (TPSA) is 69.6 Å². The highest BCUT2D eigenvalue weighted by Crippen LogP contribution is 2.32. The van der Waals surface area contributed by atoms with Gasteiger partial charge in [-0.15, -0.1) is 0 Å². The quantitative estimate of drug-likeness (QED) is 0.785. The molecule has 1 unspecified atom stereocenters. The van der Waals surface area contributed by atoms with Crippen molar-refractivity contribution in [3.63, 3.8) is 0 Å². The van der Waals surface area contributed by atoms with Gasteiger partial charge in [0.15, 0.2) is 0 Å². The fraction of sp³-hybridized carbons (Fsp3) is 0.833. The van der Waals surface area contributed by atoms with Gasteiger partial charge < -0.3 is 15.3 Å². The predicted molar refractivity (Wildman–Crippen MR) is 64.8 cm³/mol. The summed E-state index contributed by atoms with van der Waals surface area (Å²) in [7, 11) is 1.69. The Morgan fingerprint density at radius 3 is 2.29 bits per heavy atom. The van der Waals surface area contributed by atoms with Crippen LogP contribution in [-0.4, -0.2) is 41.6 Å². The minimum absolute atomic E-state index is 0.00436. The van der Waals surface area contributed by atoms with Crippen LogP contribution >= 0.6 is 0 Å². The molecule has 2 amide bonds. The van der Waals surface area contributed by atoms with E-state index >= 15 is 0 Å². The number of nitrogens with zero attached hydrogens (tertiary/aromatic N) is 1. The van der Waals surface area contributed by atoms with Crippen LogP contribution in [-0.2, 0) is 4.79 Å². The number of nitrogens with one attached hydrogen (secondary N) is 1. The van der Waals surface area contributed by atoms with Crippen molar-refractivity contribution in [2.75, 3.05) is 13.6 Å². The van der Waals surface area contributed by atoms with Crippen molar-refractivity contribution in [3.8, 4) is 0 Å². The van der Waals surface area contributed by atoms with E-state index in [0.29, 0.717) is 6.54 Å². The first-order valence-electron chi connectivity index (χ1n) is 5.95. The molecular formula is C12H22N2O3. The van der Waals surface area contributed by atoms with Gasteiger partial charge in [0.25, 0.3) is 0 Å². The van der Waals surface area contributed by atoms with Crippen LogP contribution in [0, 0.1) is 11.3 Å². The van der Waals surface area contributed by atoms with Gasteiger partial charge in [-0.1, -0.05) is 20.8 Å². The number of carbonyl (C=O) groups excluding carboxylic acids is 1. The van der Waals surface area contributed by atoms with Gasteiger partial charge in [-0.2, -0.15) is 0 Å². The molecule has 5 nitrogen and oxygen atoms in total. The molecule has 0 heterocycles. The number of carbonyl (C=O) groups is 2. The van der Waals surface area contributed by atoms with Gasteiger partial charge >= 0.3 is 12.0 Å². The van der Waals surface area contributed by atoms with Crippen molar-refractivity contribution >= 4 is 12.0 Å². The second-order valence-corrected chi connectivity index (χ2v) is 6.02. The second-order valence-electron chi connectivity index (χ2n) is 6.02. The summed E-state index contributed by atoms with van der Waals surface area (Å²) in [5.41, 5.74) is 0.00436. The van der Waals surface area contributed by atoms with Gasteiger partial charge in [0.05, 0.1) is 0 Å². The Balaban J connectivity index is 2.49. The minimum Gasteiger partial charge on any atom is -0.480 e. The van der Waals surface area contributed by atoms with E-state index in [9.17, 15) is 9.59 Å². The molecule has 0 radical (unpaired) electrons. The zero-order valence-corrected chi connectivity index (χ0v) is 11.0. The largest absolute Gasteiger partial charge is 0.480 e. The van der Waals surface area contributed by atoms with Gasteiger partial charge in [0, 0.05) is 13.6 Å². The molecule has 1 fully saturated rings. The highest BCUT2D eigenvalue weighted by Gasteiger charge is 2.37. The lowest BCUT2D eigenvalue weighted by atomic mass is 9.96. The summed E-state index contributed by atoms with van der Waals surface area (Å²) >= 11 is 0. The van der Waals surface area contributed by atoms with Gasteiger partial charge in [-0.05, 0) is 24.2 Å². The Morgan fingerprint density at radius 2 is 1.94 bits per heavy atom. The van der Waals surface area contributed by atoms with Crippen LogP contribution in [0.1, 0.15) is 33.6 Å². The van der Waals surface area contributed by atoms with E-state index in [1.165, 1.54) is 0 Å². The molecular weight excluding hydrogens is 220 g/mol. The van der Waals surface area contributed by atoms with Gasteiger partial charge in [-0.25, -0.2) is 9.59 Å². The molecule has 1 saturated carbocycles. The summed E-state index contributed by atoms with van der Waals surface area (Å²) in [6.07, 6.45) is 1.78. The first kappa shape index (κ1) is 13.8. The van der Waals surface area contributed by atoms with Crippen molar-refractivity contribution in [1.29, 1.82) is 0 Å². The summed E-state index contributed by atoms with van der Waals surface area (Å²) in [6.45, 7) is 6.70. The van der Waals surface area contributed by atoms with Crippen LogP contribution in [0.4, 0.5) is 4.79 Å². The summed E-state index contributed by atoms with van der Waals surface area (Å²) in [5, 5.41) is 11.6. The zero-order valence-electron chi connectivity index (χ0n) is 11.0. The summed E-state index contributed by atoms with van der Waals surface area (Å²) in [4.78, 5) is 24.4. The third-order valence-corrected chi connectivity index (χ3v) is 2.70. The maximum absolute atomic E-state index is 11.8. The van der Waals surface area contributed by atoms with Crippen molar-refractivity contribution in [2.24, 2.45) is 11.3 Å². The molecule has 0 aromatic rings. The van der Waals surface area contributed by atoms with Crippen molar-refractivity contribution in [2.45, 2.75) is 39.7 Å². The molecule has 1 rings (SSSR count). The standard InChI is InChI=1S/C12H22N2O3/c1-12(2,3)7-14(4)11(17)13-9(10(15)16)8-5-6-8/h8-9H,5-7H2,1-4H3,(H,13,17)(H,15,16). The maximum atomic E-state index is 11.8. The number of rotatable bonds is 4. The molecule has 0 bridgehead atoms. The highest BCUT2D eigenvalue weighted by atomic mass is 16.4.